The first-order chi connectivity index (χ1) is 12.6. The Hall–Kier alpha value is -2.04. The molecule has 5 heteroatoms. The minimum Gasteiger partial charge on any atom is -0.479 e. The SMILES string of the molecule is CC1Oc2ccccc2N(CCC(=O)NCCCC2CCCCC2)C1=O. The summed E-state index contributed by atoms with van der Waals surface area (Å²) in [6.07, 6.45) is 8.89. The highest BCUT2D eigenvalue weighted by Crippen LogP contribution is 2.33. The highest BCUT2D eigenvalue weighted by Gasteiger charge is 2.31. The summed E-state index contributed by atoms with van der Waals surface area (Å²) in [6.45, 7) is 2.87. The Morgan fingerprint density at radius 1 is 1.23 bits per heavy atom. The van der Waals surface area contributed by atoms with Crippen LogP contribution in [0.2, 0.25) is 0 Å². The molecule has 142 valence electrons. The Kier molecular flexibility index (Phi) is 6.53. The molecule has 0 saturated heterocycles. The van der Waals surface area contributed by atoms with Gasteiger partial charge in [-0.05, 0) is 37.8 Å². The van der Waals surface area contributed by atoms with Gasteiger partial charge in [-0.3, -0.25) is 9.59 Å². The Bertz CT molecular complexity index is 625. The molecule has 2 amide bonds. The van der Waals surface area contributed by atoms with Gasteiger partial charge in [-0.1, -0.05) is 44.2 Å². The Balaban J connectivity index is 1.41. The average Bonchev–Trinajstić information content (AvgIpc) is 2.66. The molecule has 1 saturated carbocycles. The lowest BCUT2D eigenvalue weighted by molar-refractivity contribution is -0.125. The molecular formula is C21H30N2O3. The lowest BCUT2D eigenvalue weighted by Gasteiger charge is -2.32. The summed E-state index contributed by atoms with van der Waals surface area (Å²) in [4.78, 5) is 26.2. The number of anilines is 1. The number of amides is 2. The number of rotatable bonds is 7. The number of nitrogens with zero attached hydrogens (tertiary/aromatic N) is 1. The van der Waals surface area contributed by atoms with Crippen molar-refractivity contribution in [2.45, 2.75) is 64.4 Å². The maximum absolute atomic E-state index is 12.4. The number of hydrogen-bond donors (Lipinski definition) is 1. The normalized spacial score (nSPS) is 20.4. The third-order valence-electron chi connectivity index (χ3n) is 5.47. The fourth-order valence-electron chi connectivity index (χ4n) is 3.99. The number of para-hydroxylation sites is 2. The van der Waals surface area contributed by atoms with Gasteiger partial charge in [0.25, 0.3) is 5.91 Å². The first kappa shape index (κ1) is 18.7. The van der Waals surface area contributed by atoms with Crippen molar-refractivity contribution in [2.24, 2.45) is 5.92 Å². The molecule has 1 N–H and O–H groups in total. The van der Waals surface area contributed by atoms with Crippen LogP contribution in [0.5, 0.6) is 5.75 Å². The maximum Gasteiger partial charge on any atom is 0.267 e. The van der Waals surface area contributed by atoms with Crippen LogP contribution in [0.15, 0.2) is 24.3 Å². The van der Waals surface area contributed by atoms with Crippen LogP contribution in [0.4, 0.5) is 5.69 Å². The smallest absolute Gasteiger partial charge is 0.267 e. The van der Waals surface area contributed by atoms with E-state index in [0.717, 1.165) is 24.6 Å². The zero-order valence-electron chi connectivity index (χ0n) is 15.7. The predicted octanol–water partition coefficient (Wildman–Crippen LogP) is 3.67. The predicted molar refractivity (Wildman–Crippen MR) is 102 cm³/mol. The van der Waals surface area contributed by atoms with Crippen molar-refractivity contribution in [1.29, 1.82) is 0 Å². The van der Waals surface area contributed by atoms with Gasteiger partial charge in [0.1, 0.15) is 5.75 Å². The molecule has 0 spiro atoms. The molecule has 0 bridgehead atoms. The maximum atomic E-state index is 12.4. The van der Waals surface area contributed by atoms with Gasteiger partial charge < -0.3 is 15.0 Å². The van der Waals surface area contributed by atoms with E-state index in [1.165, 1.54) is 38.5 Å². The van der Waals surface area contributed by atoms with Crippen LogP contribution >= 0.6 is 0 Å². The second-order valence-corrected chi connectivity index (χ2v) is 7.46. The van der Waals surface area contributed by atoms with E-state index in [2.05, 4.69) is 5.32 Å². The van der Waals surface area contributed by atoms with Gasteiger partial charge in [0.2, 0.25) is 5.91 Å². The highest BCUT2D eigenvalue weighted by molar-refractivity contribution is 6.00. The van der Waals surface area contributed by atoms with Crippen molar-refractivity contribution in [3.8, 4) is 5.75 Å². The second-order valence-electron chi connectivity index (χ2n) is 7.46. The number of carbonyl (C=O) groups excluding carboxylic acids is 2. The highest BCUT2D eigenvalue weighted by atomic mass is 16.5. The third kappa shape index (κ3) is 4.77. The number of benzene rings is 1. The topological polar surface area (TPSA) is 58.6 Å². The van der Waals surface area contributed by atoms with Crippen molar-refractivity contribution >= 4 is 17.5 Å². The molecule has 2 aliphatic rings. The first-order valence-electron chi connectivity index (χ1n) is 9.99. The van der Waals surface area contributed by atoms with Crippen LogP contribution in [0, 0.1) is 5.92 Å². The minimum absolute atomic E-state index is 0.0121. The third-order valence-corrected chi connectivity index (χ3v) is 5.47. The summed E-state index contributed by atoms with van der Waals surface area (Å²) in [6, 6.07) is 7.49. The Labute approximate surface area is 156 Å². The molecular weight excluding hydrogens is 328 g/mol. The van der Waals surface area contributed by atoms with E-state index in [1.807, 2.05) is 24.3 Å². The van der Waals surface area contributed by atoms with Gasteiger partial charge in [0.15, 0.2) is 6.10 Å². The van der Waals surface area contributed by atoms with Crippen molar-refractivity contribution < 1.29 is 14.3 Å². The molecule has 1 heterocycles. The summed E-state index contributed by atoms with van der Waals surface area (Å²) in [5.41, 5.74) is 0.751. The molecule has 1 fully saturated rings. The van der Waals surface area contributed by atoms with E-state index >= 15 is 0 Å². The van der Waals surface area contributed by atoms with Gasteiger partial charge >= 0.3 is 0 Å². The number of ether oxygens (including phenoxy) is 1. The van der Waals surface area contributed by atoms with Gasteiger partial charge in [-0.15, -0.1) is 0 Å². The number of fused-ring (bicyclic) bond motifs is 1. The van der Waals surface area contributed by atoms with E-state index in [0.29, 0.717) is 18.7 Å². The van der Waals surface area contributed by atoms with Gasteiger partial charge in [0, 0.05) is 19.5 Å². The molecule has 26 heavy (non-hydrogen) atoms. The molecule has 1 aliphatic heterocycles. The fraction of sp³-hybridized carbons (Fsp3) is 0.619. The summed E-state index contributed by atoms with van der Waals surface area (Å²) in [7, 11) is 0. The monoisotopic (exact) mass is 358 g/mol. The lowest BCUT2D eigenvalue weighted by Crippen LogP contribution is -2.45. The number of carbonyl (C=O) groups is 2. The lowest BCUT2D eigenvalue weighted by atomic mass is 9.86. The van der Waals surface area contributed by atoms with E-state index in [-0.39, 0.29) is 11.8 Å². The molecule has 1 aromatic rings. The van der Waals surface area contributed by atoms with Crippen LogP contribution in [0.3, 0.4) is 0 Å². The number of nitrogens with one attached hydrogen (secondary N) is 1. The van der Waals surface area contributed by atoms with Crippen LogP contribution in [0.25, 0.3) is 0 Å². The average molecular weight is 358 g/mol. The van der Waals surface area contributed by atoms with E-state index in [9.17, 15) is 9.59 Å². The zero-order chi connectivity index (χ0) is 18.4. The van der Waals surface area contributed by atoms with Crippen LogP contribution < -0.4 is 15.0 Å². The molecule has 0 radical (unpaired) electrons. The van der Waals surface area contributed by atoms with E-state index in [1.54, 1.807) is 11.8 Å². The van der Waals surface area contributed by atoms with Crippen LogP contribution in [0.1, 0.15) is 58.3 Å². The molecule has 1 aliphatic carbocycles. The van der Waals surface area contributed by atoms with Gasteiger partial charge in [0.05, 0.1) is 5.69 Å². The van der Waals surface area contributed by atoms with Gasteiger partial charge in [-0.2, -0.15) is 0 Å². The molecule has 0 aromatic heterocycles. The summed E-state index contributed by atoms with van der Waals surface area (Å²) in [5.74, 6) is 1.48. The molecule has 1 aromatic carbocycles. The summed E-state index contributed by atoms with van der Waals surface area (Å²) < 4.78 is 5.63. The van der Waals surface area contributed by atoms with E-state index in [4.69, 9.17) is 4.74 Å². The van der Waals surface area contributed by atoms with Crippen molar-refractivity contribution in [2.75, 3.05) is 18.0 Å². The molecule has 5 nitrogen and oxygen atoms in total. The van der Waals surface area contributed by atoms with Gasteiger partial charge in [-0.25, -0.2) is 0 Å². The molecule has 1 atom stereocenters. The second kappa shape index (κ2) is 9.06. The molecule has 3 rings (SSSR count). The van der Waals surface area contributed by atoms with Crippen LogP contribution in [-0.2, 0) is 9.59 Å². The Morgan fingerprint density at radius 3 is 2.81 bits per heavy atom. The van der Waals surface area contributed by atoms with Crippen molar-refractivity contribution in [3.05, 3.63) is 24.3 Å². The largest absolute Gasteiger partial charge is 0.479 e. The Morgan fingerprint density at radius 2 is 2.00 bits per heavy atom. The molecule has 1 unspecified atom stereocenters. The fourth-order valence-corrected chi connectivity index (χ4v) is 3.99. The van der Waals surface area contributed by atoms with E-state index < -0.39 is 6.10 Å². The quantitative estimate of drug-likeness (QED) is 0.757. The van der Waals surface area contributed by atoms with Crippen molar-refractivity contribution in [3.63, 3.8) is 0 Å². The van der Waals surface area contributed by atoms with Crippen LogP contribution in [-0.4, -0.2) is 31.0 Å². The summed E-state index contributed by atoms with van der Waals surface area (Å²) >= 11 is 0. The standard InChI is InChI=1S/C21H30N2O3/c1-16-21(25)23(18-11-5-6-12-19(18)26-16)15-13-20(24)22-14-7-10-17-8-3-2-4-9-17/h5-6,11-12,16-17H,2-4,7-10,13-15H2,1H3,(H,22,24). The summed E-state index contributed by atoms with van der Waals surface area (Å²) in [5, 5.41) is 3.00. The minimum atomic E-state index is -0.511. The number of hydrogen-bond acceptors (Lipinski definition) is 3. The zero-order valence-corrected chi connectivity index (χ0v) is 15.7. The van der Waals surface area contributed by atoms with Crippen molar-refractivity contribution in [1.82, 2.24) is 5.32 Å². The first-order valence-corrected chi connectivity index (χ1v) is 9.99.